The van der Waals surface area contributed by atoms with Crippen LogP contribution in [0.1, 0.15) is 0 Å². The van der Waals surface area contributed by atoms with Crippen LogP contribution in [0, 0.1) is 10.8 Å². The van der Waals surface area contributed by atoms with Crippen molar-refractivity contribution in [1.29, 1.82) is 10.8 Å². The van der Waals surface area contributed by atoms with E-state index in [4.69, 9.17) is 15.9 Å². The second-order valence-electron chi connectivity index (χ2n) is 1.12. The molecule has 0 aliphatic rings. The summed E-state index contributed by atoms with van der Waals surface area (Å²) in [7, 11) is 0. The third kappa shape index (κ3) is 2.37. The molecule has 0 saturated carbocycles. The van der Waals surface area contributed by atoms with Gasteiger partial charge in [0.25, 0.3) is 0 Å². The monoisotopic (exact) mass is 297 g/mol. The van der Waals surface area contributed by atoms with Gasteiger partial charge in [-0.3, -0.25) is 0 Å². The molecule has 0 unspecified atom stereocenters. The summed E-state index contributed by atoms with van der Waals surface area (Å²) in [4.78, 5) is 10.3. The molecule has 0 aromatic rings. The molecule has 0 radical (unpaired) electrons. The van der Waals surface area contributed by atoms with Gasteiger partial charge in [0.15, 0.2) is 0 Å². The molecule has 0 fully saturated rings. The molecule has 0 spiro atoms. The standard InChI is InChI=1S/C3H3N3O2.W/c4-1(2(5)7)3(6)8;/h4H,(H2,5,7);. The second kappa shape index (κ2) is 3.35. The van der Waals surface area contributed by atoms with E-state index >= 15 is 0 Å². The quantitative estimate of drug-likeness (QED) is 0.486. The predicted octanol–water partition coefficient (Wildman–Crippen LogP) is -0.202. The summed E-state index contributed by atoms with van der Waals surface area (Å²) >= 11 is 0.654. The summed E-state index contributed by atoms with van der Waals surface area (Å²) in [5, 5.41) is 21.2. The van der Waals surface area contributed by atoms with Crippen LogP contribution in [0.25, 0.3) is 0 Å². The van der Waals surface area contributed by atoms with Crippen molar-refractivity contribution in [2.45, 2.75) is 0 Å². The van der Waals surface area contributed by atoms with Gasteiger partial charge in [-0.15, -0.1) is 0 Å². The average Bonchev–Trinajstić information content (AvgIpc) is 1.84. The zero-order valence-corrected chi connectivity index (χ0v) is 7.14. The molecule has 0 aromatic carbocycles. The third-order valence-electron chi connectivity index (χ3n) is 0.534. The number of hydrogen-bond acceptors (Lipinski definition) is 3. The molecule has 0 bridgehead atoms. The van der Waals surface area contributed by atoms with Gasteiger partial charge < -0.3 is 0 Å². The second-order valence-corrected chi connectivity index (χ2v) is 1.78. The number of nitrogens with one attached hydrogen (secondary N) is 2. The van der Waals surface area contributed by atoms with Crippen LogP contribution in [-0.2, 0) is 24.4 Å². The van der Waals surface area contributed by atoms with Crippen LogP contribution in [0.3, 0.4) is 0 Å². The molecular weight excluding hydrogens is 294 g/mol. The van der Waals surface area contributed by atoms with Crippen molar-refractivity contribution in [3.05, 3.63) is 0 Å². The Labute approximate surface area is 61.9 Å². The van der Waals surface area contributed by atoms with E-state index in [0.717, 1.165) is 0 Å². The fraction of sp³-hybridized carbons (Fsp3) is 0. The zero-order valence-electron chi connectivity index (χ0n) is 4.21. The predicted molar refractivity (Wildman–Crippen MR) is 25.5 cm³/mol. The Bertz CT molecular complexity index is 187. The molecule has 0 saturated heterocycles. The number of nitrogens with zero attached hydrogens (tertiary/aromatic N) is 1. The van der Waals surface area contributed by atoms with Gasteiger partial charge in [-0.05, 0) is 0 Å². The first-order valence-corrected chi connectivity index (χ1v) is 3.15. The van der Waals surface area contributed by atoms with Crippen LogP contribution >= 0.6 is 0 Å². The summed E-state index contributed by atoms with van der Waals surface area (Å²) in [5.74, 6) is -1.89. The van der Waals surface area contributed by atoms with Gasteiger partial charge in [0.1, 0.15) is 0 Å². The molecule has 0 aliphatic carbocycles. The van der Waals surface area contributed by atoms with E-state index in [-0.39, 0.29) is 0 Å². The number of aliphatic hydroxyl groups excluding tert-OH is 1. The summed E-state index contributed by atoms with van der Waals surface area (Å²) in [6.07, 6.45) is 0. The minimum absolute atomic E-state index is 0.654. The molecular formula is C3H3N3O2W. The van der Waals surface area contributed by atoms with Gasteiger partial charge in [-0.1, -0.05) is 0 Å². The molecule has 48 valence electrons. The van der Waals surface area contributed by atoms with Crippen LogP contribution < -0.4 is 0 Å². The van der Waals surface area contributed by atoms with Crippen LogP contribution in [0.15, 0.2) is 3.50 Å². The maximum absolute atomic E-state index is 10.3. The van der Waals surface area contributed by atoms with Crippen molar-refractivity contribution in [2.75, 3.05) is 0 Å². The van der Waals surface area contributed by atoms with E-state index in [0.29, 0.717) is 19.6 Å². The van der Waals surface area contributed by atoms with E-state index in [2.05, 4.69) is 3.50 Å². The fourth-order valence-electron chi connectivity index (χ4n) is 0.147. The van der Waals surface area contributed by atoms with Crippen molar-refractivity contribution < 1.29 is 29.5 Å². The van der Waals surface area contributed by atoms with Crippen molar-refractivity contribution in [2.24, 2.45) is 3.50 Å². The SMILES string of the molecule is N=C(O)C(=N)C(=O)[N]=[W]. The van der Waals surface area contributed by atoms with E-state index in [9.17, 15) is 4.79 Å². The number of rotatable bonds is 2. The zero-order chi connectivity index (χ0) is 7.44. The van der Waals surface area contributed by atoms with Gasteiger partial charge in [0.2, 0.25) is 0 Å². The van der Waals surface area contributed by atoms with E-state index in [1.807, 2.05) is 0 Å². The molecule has 0 aromatic heterocycles. The van der Waals surface area contributed by atoms with Crippen molar-refractivity contribution >= 4 is 17.5 Å². The molecule has 9 heavy (non-hydrogen) atoms. The third-order valence-corrected chi connectivity index (χ3v) is 1.13. The summed E-state index contributed by atoms with van der Waals surface area (Å²) < 4.78 is 3.13. The fourth-order valence-corrected chi connectivity index (χ4v) is 0.475. The molecule has 6 heteroatoms. The number of carbonyl (C=O) groups excluding carboxylic acids is 1. The van der Waals surface area contributed by atoms with E-state index < -0.39 is 17.5 Å². The van der Waals surface area contributed by atoms with Crippen molar-refractivity contribution in [1.82, 2.24) is 0 Å². The van der Waals surface area contributed by atoms with Crippen LogP contribution in [0.2, 0.25) is 0 Å². The summed E-state index contributed by atoms with van der Waals surface area (Å²) in [5.41, 5.74) is -0.759. The molecule has 0 heterocycles. The molecule has 0 aliphatic heterocycles. The molecule has 3 N–H and O–H groups in total. The van der Waals surface area contributed by atoms with Gasteiger partial charge in [-0.2, -0.15) is 0 Å². The van der Waals surface area contributed by atoms with Gasteiger partial charge in [0.05, 0.1) is 0 Å². The topological polar surface area (TPSA) is 97.4 Å². The normalized spacial score (nSPS) is 8.00. The van der Waals surface area contributed by atoms with Crippen LogP contribution in [-0.4, -0.2) is 22.6 Å². The number of aliphatic hydroxyl groups is 1. The first kappa shape index (κ1) is 8.30. The Morgan fingerprint density at radius 1 is 1.56 bits per heavy atom. The molecule has 5 nitrogen and oxygen atoms in total. The van der Waals surface area contributed by atoms with Crippen molar-refractivity contribution in [3.63, 3.8) is 0 Å². The number of amides is 1. The Morgan fingerprint density at radius 2 is 2.00 bits per heavy atom. The molecule has 0 atom stereocenters. The van der Waals surface area contributed by atoms with Crippen LogP contribution in [0.5, 0.6) is 0 Å². The first-order valence-electron chi connectivity index (χ1n) is 1.83. The van der Waals surface area contributed by atoms with E-state index in [1.165, 1.54) is 0 Å². The van der Waals surface area contributed by atoms with Crippen molar-refractivity contribution in [3.8, 4) is 0 Å². The maximum atomic E-state index is 10.3. The Morgan fingerprint density at radius 3 is 2.11 bits per heavy atom. The summed E-state index contributed by atoms with van der Waals surface area (Å²) in [6.45, 7) is 0. The van der Waals surface area contributed by atoms with Gasteiger partial charge in [-0.25, -0.2) is 0 Å². The number of carbonyl (C=O) groups is 1. The Balaban J connectivity index is 4.22. The Hall–Kier alpha value is -0.702. The van der Waals surface area contributed by atoms with E-state index in [1.54, 1.807) is 0 Å². The van der Waals surface area contributed by atoms with Crippen LogP contribution in [0.4, 0.5) is 0 Å². The van der Waals surface area contributed by atoms with Gasteiger partial charge in [0, 0.05) is 0 Å². The Kier molecular flexibility index (Phi) is 3.09. The van der Waals surface area contributed by atoms with Gasteiger partial charge >= 0.3 is 61.4 Å². The molecule has 1 amide bonds. The number of hydrogen-bond donors (Lipinski definition) is 3. The first-order chi connectivity index (χ1) is 4.09. The minimum atomic E-state index is -1.04. The summed E-state index contributed by atoms with van der Waals surface area (Å²) in [6, 6.07) is 0. The molecule has 0 rings (SSSR count). The average molecular weight is 297 g/mol.